The maximum atomic E-state index is 6.14. The second kappa shape index (κ2) is 5.08. The van der Waals surface area contributed by atoms with Crippen LogP contribution in [0.25, 0.3) is 11.3 Å². The first-order valence-electron chi connectivity index (χ1n) is 5.38. The Kier molecular flexibility index (Phi) is 3.72. The lowest BCUT2D eigenvalue weighted by atomic mass is 10.2. The van der Waals surface area contributed by atoms with Crippen molar-refractivity contribution in [3.8, 4) is 11.3 Å². The molecule has 0 bridgehead atoms. The molecule has 0 radical (unpaired) electrons. The van der Waals surface area contributed by atoms with Crippen LogP contribution < -0.4 is 5.73 Å². The molecule has 1 unspecified atom stereocenters. The molecule has 90 valence electrons. The average Bonchev–Trinajstić information content (AvgIpc) is 2.81. The molecule has 1 atom stereocenters. The van der Waals surface area contributed by atoms with Crippen molar-refractivity contribution >= 4 is 23.2 Å². The van der Waals surface area contributed by atoms with Gasteiger partial charge in [-0.25, -0.2) is 4.98 Å². The first-order valence-corrected chi connectivity index (χ1v) is 6.14. The standard InChI is InChI=1S/C12H13Cl2N3/c1-2-9(15)12-16-6-10(17-12)7-4-3-5-8(13)11(7)14/h3-6,9H,2,15H2,1H3,(H,16,17). The molecule has 0 aliphatic carbocycles. The largest absolute Gasteiger partial charge is 0.341 e. The third-order valence-corrected chi connectivity index (χ3v) is 3.45. The quantitative estimate of drug-likeness (QED) is 0.891. The van der Waals surface area contributed by atoms with Crippen molar-refractivity contribution < 1.29 is 0 Å². The van der Waals surface area contributed by atoms with E-state index >= 15 is 0 Å². The van der Waals surface area contributed by atoms with Gasteiger partial charge in [0.15, 0.2) is 0 Å². The number of hydrogen-bond acceptors (Lipinski definition) is 2. The van der Waals surface area contributed by atoms with Gasteiger partial charge in [0, 0.05) is 5.56 Å². The smallest absolute Gasteiger partial charge is 0.123 e. The van der Waals surface area contributed by atoms with Crippen molar-refractivity contribution in [2.45, 2.75) is 19.4 Å². The topological polar surface area (TPSA) is 54.7 Å². The van der Waals surface area contributed by atoms with Gasteiger partial charge in [0.05, 0.1) is 28.0 Å². The van der Waals surface area contributed by atoms with E-state index in [1.165, 1.54) is 0 Å². The average molecular weight is 270 g/mol. The Hall–Kier alpha value is -1.03. The molecule has 0 saturated heterocycles. The van der Waals surface area contributed by atoms with Crippen molar-refractivity contribution in [2.75, 3.05) is 0 Å². The van der Waals surface area contributed by atoms with Gasteiger partial charge in [-0.1, -0.05) is 42.3 Å². The predicted octanol–water partition coefficient (Wildman–Crippen LogP) is 3.79. The molecule has 0 fully saturated rings. The molecule has 2 rings (SSSR count). The second-order valence-corrected chi connectivity index (χ2v) is 4.58. The molecule has 1 aromatic carbocycles. The Morgan fingerprint density at radius 1 is 1.41 bits per heavy atom. The van der Waals surface area contributed by atoms with E-state index in [2.05, 4.69) is 9.97 Å². The number of aromatic amines is 1. The Morgan fingerprint density at radius 3 is 2.88 bits per heavy atom. The van der Waals surface area contributed by atoms with Gasteiger partial charge < -0.3 is 10.7 Å². The molecule has 0 aliphatic rings. The highest BCUT2D eigenvalue weighted by Crippen LogP contribution is 2.32. The van der Waals surface area contributed by atoms with Crippen molar-refractivity contribution in [1.29, 1.82) is 0 Å². The maximum Gasteiger partial charge on any atom is 0.123 e. The zero-order valence-electron chi connectivity index (χ0n) is 9.37. The normalized spacial score (nSPS) is 12.7. The summed E-state index contributed by atoms with van der Waals surface area (Å²) in [7, 11) is 0. The summed E-state index contributed by atoms with van der Waals surface area (Å²) in [5.41, 5.74) is 7.57. The van der Waals surface area contributed by atoms with Gasteiger partial charge in [0.1, 0.15) is 5.82 Å². The first-order chi connectivity index (χ1) is 8.13. The molecule has 2 aromatic rings. The lowest BCUT2D eigenvalue weighted by Gasteiger charge is -2.05. The molecular weight excluding hydrogens is 257 g/mol. The van der Waals surface area contributed by atoms with Crippen LogP contribution in [-0.4, -0.2) is 9.97 Å². The monoisotopic (exact) mass is 269 g/mol. The minimum absolute atomic E-state index is 0.0818. The summed E-state index contributed by atoms with van der Waals surface area (Å²) in [6.07, 6.45) is 2.55. The van der Waals surface area contributed by atoms with Gasteiger partial charge in [-0.3, -0.25) is 0 Å². The second-order valence-electron chi connectivity index (χ2n) is 3.80. The van der Waals surface area contributed by atoms with E-state index < -0.39 is 0 Å². The van der Waals surface area contributed by atoms with Crippen LogP contribution in [0.5, 0.6) is 0 Å². The van der Waals surface area contributed by atoms with Crippen LogP contribution in [0.3, 0.4) is 0 Å². The number of nitrogens with zero attached hydrogens (tertiary/aromatic N) is 1. The zero-order chi connectivity index (χ0) is 12.4. The van der Waals surface area contributed by atoms with E-state index in [4.69, 9.17) is 28.9 Å². The molecule has 0 amide bonds. The van der Waals surface area contributed by atoms with E-state index in [1.807, 2.05) is 19.1 Å². The Balaban J connectivity index is 2.40. The lowest BCUT2D eigenvalue weighted by molar-refractivity contribution is 0.658. The number of rotatable bonds is 3. The van der Waals surface area contributed by atoms with Gasteiger partial charge in [0.25, 0.3) is 0 Å². The molecule has 3 nitrogen and oxygen atoms in total. The van der Waals surface area contributed by atoms with Crippen LogP contribution in [-0.2, 0) is 0 Å². The third-order valence-electron chi connectivity index (χ3n) is 2.63. The molecule has 0 saturated carbocycles. The van der Waals surface area contributed by atoms with E-state index in [0.717, 1.165) is 23.5 Å². The molecule has 0 aliphatic heterocycles. The number of nitrogens with two attached hydrogens (primary N) is 1. The molecule has 5 heteroatoms. The van der Waals surface area contributed by atoms with Gasteiger partial charge >= 0.3 is 0 Å². The van der Waals surface area contributed by atoms with Crippen LogP contribution in [0, 0.1) is 0 Å². The number of halogens is 2. The van der Waals surface area contributed by atoms with Crippen molar-refractivity contribution in [3.05, 3.63) is 40.3 Å². The fourth-order valence-electron chi connectivity index (χ4n) is 1.57. The van der Waals surface area contributed by atoms with Crippen LogP contribution in [0.4, 0.5) is 0 Å². The number of imidazole rings is 1. The van der Waals surface area contributed by atoms with E-state index in [1.54, 1.807) is 12.3 Å². The molecule has 1 aromatic heterocycles. The Bertz CT molecular complexity index is 522. The minimum Gasteiger partial charge on any atom is -0.341 e. The fraction of sp³-hybridized carbons (Fsp3) is 0.250. The molecule has 17 heavy (non-hydrogen) atoms. The number of H-pyrrole nitrogens is 1. The van der Waals surface area contributed by atoms with E-state index in [-0.39, 0.29) is 6.04 Å². The maximum absolute atomic E-state index is 6.14. The molecule has 3 N–H and O–H groups in total. The zero-order valence-corrected chi connectivity index (χ0v) is 10.9. The van der Waals surface area contributed by atoms with Gasteiger partial charge in [-0.05, 0) is 12.5 Å². The fourth-order valence-corrected chi connectivity index (χ4v) is 1.97. The summed E-state index contributed by atoms with van der Waals surface area (Å²) >= 11 is 12.1. The van der Waals surface area contributed by atoms with Gasteiger partial charge in [-0.2, -0.15) is 0 Å². The Morgan fingerprint density at radius 2 is 2.18 bits per heavy atom. The van der Waals surface area contributed by atoms with Crippen molar-refractivity contribution in [3.63, 3.8) is 0 Å². The third kappa shape index (κ3) is 2.46. The molecule has 0 spiro atoms. The van der Waals surface area contributed by atoms with Gasteiger partial charge in [-0.15, -0.1) is 0 Å². The van der Waals surface area contributed by atoms with Crippen LogP contribution in [0.1, 0.15) is 25.2 Å². The number of aromatic nitrogens is 2. The summed E-state index contributed by atoms with van der Waals surface area (Å²) in [5, 5.41) is 1.05. The van der Waals surface area contributed by atoms with Crippen LogP contribution >= 0.6 is 23.2 Å². The number of benzene rings is 1. The summed E-state index contributed by atoms with van der Waals surface area (Å²) in [6.45, 7) is 2.01. The van der Waals surface area contributed by atoms with E-state index in [9.17, 15) is 0 Å². The number of hydrogen-bond donors (Lipinski definition) is 2. The highest BCUT2D eigenvalue weighted by molar-refractivity contribution is 6.43. The lowest BCUT2D eigenvalue weighted by Crippen LogP contribution is -2.10. The van der Waals surface area contributed by atoms with Crippen LogP contribution in [0.15, 0.2) is 24.4 Å². The van der Waals surface area contributed by atoms with Crippen LogP contribution in [0.2, 0.25) is 10.0 Å². The van der Waals surface area contributed by atoms with Crippen molar-refractivity contribution in [1.82, 2.24) is 9.97 Å². The SMILES string of the molecule is CCC(N)c1ncc(-c2cccc(Cl)c2Cl)[nH]1. The van der Waals surface area contributed by atoms with Crippen molar-refractivity contribution in [2.24, 2.45) is 5.73 Å². The number of nitrogens with one attached hydrogen (secondary N) is 1. The summed E-state index contributed by atoms with van der Waals surface area (Å²) in [5.74, 6) is 0.763. The summed E-state index contributed by atoms with van der Waals surface area (Å²) in [6, 6.07) is 5.41. The summed E-state index contributed by atoms with van der Waals surface area (Å²) < 4.78 is 0. The Labute approximate surface area is 110 Å². The molecule has 1 heterocycles. The predicted molar refractivity (Wildman–Crippen MR) is 71.3 cm³/mol. The minimum atomic E-state index is -0.0818. The van der Waals surface area contributed by atoms with Gasteiger partial charge in [0.2, 0.25) is 0 Å². The first kappa shape index (κ1) is 12.4. The highest BCUT2D eigenvalue weighted by Gasteiger charge is 2.12. The molecular formula is C12H13Cl2N3. The summed E-state index contributed by atoms with van der Waals surface area (Å²) in [4.78, 5) is 7.42. The highest BCUT2D eigenvalue weighted by atomic mass is 35.5. The van der Waals surface area contributed by atoms with E-state index in [0.29, 0.717) is 10.0 Å².